The Morgan fingerprint density at radius 2 is 1.93 bits per heavy atom. The van der Waals surface area contributed by atoms with E-state index in [1.54, 1.807) is 0 Å². The molecule has 0 spiro atoms. The Kier molecular flexibility index (Phi) is 2.80. The number of nitrogens with one attached hydrogen (secondary N) is 1. The van der Waals surface area contributed by atoms with Crippen molar-refractivity contribution in [1.82, 2.24) is 10.2 Å². The van der Waals surface area contributed by atoms with Gasteiger partial charge in [0.25, 0.3) is 0 Å². The minimum absolute atomic E-state index is 0.284. The molecule has 2 rings (SSSR count). The normalized spacial score (nSPS) is 39.4. The van der Waals surface area contributed by atoms with Crippen molar-refractivity contribution < 1.29 is 0 Å². The first kappa shape index (κ1) is 10.0. The van der Waals surface area contributed by atoms with E-state index in [-0.39, 0.29) is 6.04 Å². The summed E-state index contributed by atoms with van der Waals surface area (Å²) in [5.41, 5.74) is 0. The van der Waals surface area contributed by atoms with Crippen LogP contribution in [0.1, 0.15) is 25.7 Å². The highest BCUT2D eigenvalue weighted by atomic mass is 15.2. The summed E-state index contributed by atoms with van der Waals surface area (Å²) in [6, 6.07) is 1.87. The van der Waals surface area contributed by atoms with Crippen molar-refractivity contribution in [3.8, 4) is 12.3 Å². The first-order chi connectivity index (χ1) is 6.76. The molecule has 2 nitrogen and oxygen atoms in total. The van der Waals surface area contributed by atoms with Crippen molar-refractivity contribution in [2.24, 2.45) is 5.92 Å². The van der Waals surface area contributed by atoms with Crippen LogP contribution < -0.4 is 5.32 Å². The van der Waals surface area contributed by atoms with Crippen LogP contribution in [0.3, 0.4) is 0 Å². The number of nitrogens with zero attached hydrogens (tertiary/aromatic N) is 1. The maximum atomic E-state index is 5.53. The molecule has 0 aliphatic carbocycles. The molecule has 14 heavy (non-hydrogen) atoms. The molecule has 2 saturated heterocycles. The topological polar surface area (TPSA) is 15.3 Å². The van der Waals surface area contributed by atoms with Crippen molar-refractivity contribution in [2.45, 2.75) is 43.8 Å². The van der Waals surface area contributed by atoms with Gasteiger partial charge in [0.15, 0.2) is 0 Å². The molecule has 0 amide bonds. The monoisotopic (exact) mass is 192 g/mol. The third-order valence-electron chi connectivity index (χ3n) is 4.10. The van der Waals surface area contributed by atoms with Crippen LogP contribution >= 0.6 is 0 Å². The lowest BCUT2D eigenvalue weighted by Gasteiger charge is -2.38. The lowest BCUT2D eigenvalue weighted by molar-refractivity contribution is 0.124. The molecule has 3 atom stereocenters. The maximum absolute atomic E-state index is 5.53. The lowest BCUT2D eigenvalue weighted by Crippen LogP contribution is -2.45. The average molecular weight is 192 g/mol. The standard InChI is InChI=1S/C12H20N2/c1-4-12(13-2)9-7-10-5-6-11(8-9)14(10)3/h1,9-13H,5-8H2,2-3H3. The van der Waals surface area contributed by atoms with E-state index in [9.17, 15) is 0 Å². The first-order valence-electron chi connectivity index (χ1n) is 5.61. The Bertz CT molecular complexity index is 229. The van der Waals surface area contributed by atoms with Gasteiger partial charge in [-0.1, -0.05) is 5.92 Å². The largest absolute Gasteiger partial charge is 0.307 e. The van der Waals surface area contributed by atoms with Crippen molar-refractivity contribution in [1.29, 1.82) is 0 Å². The summed E-state index contributed by atoms with van der Waals surface area (Å²) in [6.07, 6.45) is 10.8. The first-order valence-corrected chi connectivity index (χ1v) is 5.61. The number of rotatable bonds is 2. The van der Waals surface area contributed by atoms with Crippen LogP contribution in [-0.2, 0) is 0 Å². The fraction of sp³-hybridized carbons (Fsp3) is 0.833. The van der Waals surface area contributed by atoms with E-state index in [2.05, 4.69) is 23.2 Å². The zero-order chi connectivity index (χ0) is 10.1. The molecule has 2 aliphatic rings. The molecule has 2 heteroatoms. The summed E-state index contributed by atoms with van der Waals surface area (Å²) in [7, 11) is 4.24. The number of hydrogen-bond acceptors (Lipinski definition) is 2. The molecule has 0 saturated carbocycles. The van der Waals surface area contributed by atoms with Gasteiger partial charge in [-0.05, 0) is 45.7 Å². The highest BCUT2D eigenvalue weighted by molar-refractivity contribution is 5.06. The van der Waals surface area contributed by atoms with Gasteiger partial charge in [-0.2, -0.15) is 0 Å². The fourth-order valence-electron chi connectivity index (χ4n) is 3.18. The quantitative estimate of drug-likeness (QED) is 0.659. The van der Waals surface area contributed by atoms with Crippen LogP contribution in [0.15, 0.2) is 0 Å². The van der Waals surface area contributed by atoms with Crippen LogP contribution in [-0.4, -0.2) is 37.1 Å². The van der Waals surface area contributed by atoms with Gasteiger partial charge in [0, 0.05) is 12.1 Å². The van der Waals surface area contributed by atoms with E-state index in [0.29, 0.717) is 5.92 Å². The van der Waals surface area contributed by atoms with Gasteiger partial charge in [-0.15, -0.1) is 6.42 Å². The predicted octanol–water partition coefficient (Wildman–Crippen LogP) is 1.08. The van der Waals surface area contributed by atoms with Gasteiger partial charge in [0.2, 0.25) is 0 Å². The molecule has 0 aromatic rings. The van der Waals surface area contributed by atoms with E-state index < -0.39 is 0 Å². The Morgan fingerprint density at radius 1 is 1.36 bits per heavy atom. The Hall–Kier alpha value is -0.520. The maximum Gasteiger partial charge on any atom is 0.0714 e. The van der Waals surface area contributed by atoms with Crippen molar-refractivity contribution >= 4 is 0 Å². The number of fused-ring (bicyclic) bond motifs is 2. The molecule has 2 aliphatic heterocycles. The van der Waals surface area contributed by atoms with E-state index in [1.807, 2.05) is 7.05 Å². The van der Waals surface area contributed by atoms with E-state index in [4.69, 9.17) is 6.42 Å². The summed E-state index contributed by atoms with van der Waals surface area (Å²) >= 11 is 0. The third-order valence-corrected chi connectivity index (χ3v) is 4.10. The zero-order valence-corrected chi connectivity index (χ0v) is 9.16. The molecule has 1 N–H and O–H groups in total. The van der Waals surface area contributed by atoms with Gasteiger partial charge in [-0.3, -0.25) is 0 Å². The second kappa shape index (κ2) is 3.92. The van der Waals surface area contributed by atoms with Gasteiger partial charge >= 0.3 is 0 Å². The van der Waals surface area contributed by atoms with E-state index in [0.717, 1.165) is 12.1 Å². The molecular formula is C12H20N2. The van der Waals surface area contributed by atoms with E-state index >= 15 is 0 Å². The minimum atomic E-state index is 0.284. The highest BCUT2D eigenvalue weighted by Gasteiger charge is 2.40. The summed E-state index contributed by atoms with van der Waals surface area (Å²) in [4.78, 5) is 2.56. The van der Waals surface area contributed by atoms with Crippen LogP contribution in [0.4, 0.5) is 0 Å². The summed E-state index contributed by atoms with van der Waals surface area (Å²) < 4.78 is 0. The van der Waals surface area contributed by atoms with Crippen LogP contribution in [0.5, 0.6) is 0 Å². The van der Waals surface area contributed by atoms with E-state index in [1.165, 1.54) is 25.7 Å². The molecule has 0 aromatic carbocycles. The van der Waals surface area contributed by atoms with Gasteiger partial charge < -0.3 is 10.2 Å². The predicted molar refractivity (Wildman–Crippen MR) is 59.0 cm³/mol. The summed E-state index contributed by atoms with van der Waals surface area (Å²) in [6.45, 7) is 0. The van der Waals surface area contributed by atoms with Gasteiger partial charge in [0.1, 0.15) is 0 Å². The third kappa shape index (κ3) is 1.55. The number of hydrogen-bond donors (Lipinski definition) is 1. The average Bonchev–Trinajstić information content (AvgIpc) is 2.42. The summed E-state index contributed by atoms with van der Waals surface area (Å²) in [5.74, 6) is 3.57. The highest BCUT2D eigenvalue weighted by Crippen LogP contribution is 2.38. The Labute approximate surface area is 87.1 Å². The van der Waals surface area contributed by atoms with Crippen LogP contribution in [0.25, 0.3) is 0 Å². The molecule has 0 aromatic heterocycles. The second-order valence-electron chi connectivity index (χ2n) is 4.71. The van der Waals surface area contributed by atoms with Gasteiger partial charge in [-0.25, -0.2) is 0 Å². The zero-order valence-electron chi connectivity index (χ0n) is 9.16. The Morgan fingerprint density at radius 3 is 2.36 bits per heavy atom. The molecule has 78 valence electrons. The van der Waals surface area contributed by atoms with Crippen molar-refractivity contribution in [3.63, 3.8) is 0 Å². The van der Waals surface area contributed by atoms with Gasteiger partial charge in [0.05, 0.1) is 6.04 Å². The molecule has 2 heterocycles. The fourth-order valence-corrected chi connectivity index (χ4v) is 3.18. The van der Waals surface area contributed by atoms with Crippen molar-refractivity contribution in [3.05, 3.63) is 0 Å². The number of terminal acetylenes is 1. The number of piperidine rings is 1. The minimum Gasteiger partial charge on any atom is -0.307 e. The smallest absolute Gasteiger partial charge is 0.0714 e. The lowest BCUT2D eigenvalue weighted by atomic mass is 9.85. The molecular weight excluding hydrogens is 172 g/mol. The summed E-state index contributed by atoms with van der Waals surface area (Å²) in [5, 5.41) is 3.25. The molecule has 3 unspecified atom stereocenters. The SMILES string of the molecule is C#CC(NC)C1CC2CCC(C1)N2C. The molecule has 0 radical (unpaired) electrons. The second-order valence-corrected chi connectivity index (χ2v) is 4.71. The van der Waals surface area contributed by atoms with Crippen molar-refractivity contribution in [2.75, 3.05) is 14.1 Å². The Balaban J connectivity index is 2.02. The van der Waals surface area contributed by atoms with Crippen LogP contribution in [0, 0.1) is 18.3 Å². The molecule has 2 bridgehead atoms. The van der Waals surface area contributed by atoms with Crippen LogP contribution in [0.2, 0.25) is 0 Å². The molecule has 2 fully saturated rings.